The monoisotopic (exact) mass is 268 g/mol. The molecule has 0 bridgehead atoms. The molecule has 7 heteroatoms. The van der Waals surface area contributed by atoms with E-state index >= 15 is 0 Å². The third-order valence-corrected chi connectivity index (χ3v) is 3.29. The second-order valence-electron chi connectivity index (χ2n) is 4.84. The van der Waals surface area contributed by atoms with Gasteiger partial charge in [-0.3, -0.25) is 9.69 Å². The predicted octanol–water partition coefficient (Wildman–Crippen LogP) is -0.974. The summed E-state index contributed by atoms with van der Waals surface area (Å²) in [5, 5.41) is 12.7. The molecule has 7 nitrogen and oxygen atoms in total. The van der Waals surface area contributed by atoms with Gasteiger partial charge in [-0.2, -0.15) is 0 Å². The van der Waals surface area contributed by atoms with Crippen molar-refractivity contribution in [3.63, 3.8) is 0 Å². The Morgan fingerprint density at radius 3 is 3.11 bits per heavy atom. The van der Waals surface area contributed by atoms with E-state index in [9.17, 15) is 9.90 Å². The van der Waals surface area contributed by atoms with Gasteiger partial charge in [-0.25, -0.2) is 4.98 Å². The van der Waals surface area contributed by atoms with Crippen LogP contribution in [0.2, 0.25) is 0 Å². The molecular formula is C12H20N4O3. The normalized spacial score (nSPS) is 23.7. The van der Waals surface area contributed by atoms with Gasteiger partial charge in [0.2, 0.25) is 5.91 Å². The maximum absolute atomic E-state index is 11.4. The van der Waals surface area contributed by atoms with Gasteiger partial charge in [0.25, 0.3) is 0 Å². The number of aliphatic hydroxyl groups is 1. The summed E-state index contributed by atoms with van der Waals surface area (Å²) >= 11 is 0. The lowest BCUT2D eigenvalue weighted by Crippen LogP contribution is -2.44. The standard InChI is InChI=1S/C12H20N4O3/c1-8-9(14-7-13-8)3-16-4-10(11(17)5-16)15-12(18)6-19-2/h7,10-11,17H,3-6H2,1-2H3,(H,13,14)(H,15,18)/t10-,11-/m1/s1. The molecule has 2 heterocycles. The van der Waals surface area contributed by atoms with Gasteiger partial charge in [0.1, 0.15) is 6.61 Å². The summed E-state index contributed by atoms with van der Waals surface area (Å²) in [4.78, 5) is 20.8. The summed E-state index contributed by atoms with van der Waals surface area (Å²) in [7, 11) is 1.47. The fourth-order valence-electron chi connectivity index (χ4n) is 2.28. The number of carbonyl (C=O) groups is 1. The van der Waals surface area contributed by atoms with Gasteiger partial charge in [0.15, 0.2) is 0 Å². The van der Waals surface area contributed by atoms with Gasteiger partial charge in [-0.1, -0.05) is 0 Å². The van der Waals surface area contributed by atoms with Crippen molar-refractivity contribution in [1.82, 2.24) is 20.2 Å². The summed E-state index contributed by atoms with van der Waals surface area (Å²) in [6.07, 6.45) is 1.11. The van der Waals surface area contributed by atoms with Crippen LogP contribution in [0.3, 0.4) is 0 Å². The first-order chi connectivity index (χ1) is 9.10. The lowest BCUT2D eigenvalue weighted by Gasteiger charge is -2.16. The molecule has 0 spiro atoms. The number of carbonyl (C=O) groups excluding carboxylic acids is 1. The zero-order valence-electron chi connectivity index (χ0n) is 11.2. The third-order valence-electron chi connectivity index (χ3n) is 3.29. The van der Waals surface area contributed by atoms with E-state index < -0.39 is 6.10 Å². The van der Waals surface area contributed by atoms with Crippen LogP contribution in [0, 0.1) is 6.92 Å². The lowest BCUT2D eigenvalue weighted by atomic mass is 10.2. The quantitative estimate of drug-likeness (QED) is 0.639. The predicted molar refractivity (Wildman–Crippen MR) is 68.4 cm³/mol. The number of aryl methyl sites for hydroxylation is 1. The molecule has 2 atom stereocenters. The molecule has 2 rings (SSSR count). The molecule has 1 saturated heterocycles. The zero-order chi connectivity index (χ0) is 13.8. The largest absolute Gasteiger partial charge is 0.390 e. The number of hydrogen-bond acceptors (Lipinski definition) is 5. The van der Waals surface area contributed by atoms with Crippen molar-refractivity contribution in [3.8, 4) is 0 Å². The zero-order valence-corrected chi connectivity index (χ0v) is 11.2. The van der Waals surface area contributed by atoms with Crippen molar-refractivity contribution >= 4 is 5.91 Å². The van der Waals surface area contributed by atoms with E-state index in [0.717, 1.165) is 11.4 Å². The maximum atomic E-state index is 11.4. The topological polar surface area (TPSA) is 90.5 Å². The van der Waals surface area contributed by atoms with Crippen LogP contribution in [0.1, 0.15) is 11.4 Å². The Morgan fingerprint density at radius 2 is 2.47 bits per heavy atom. The second kappa shape index (κ2) is 6.14. The van der Waals surface area contributed by atoms with Crippen molar-refractivity contribution in [2.75, 3.05) is 26.8 Å². The molecule has 0 saturated carbocycles. The number of imidazole rings is 1. The van der Waals surface area contributed by atoms with E-state index in [1.165, 1.54) is 7.11 Å². The van der Waals surface area contributed by atoms with Crippen molar-refractivity contribution in [2.24, 2.45) is 0 Å². The first-order valence-corrected chi connectivity index (χ1v) is 6.27. The number of nitrogens with zero attached hydrogens (tertiary/aromatic N) is 2. The van der Waals surface area contributed by atoms with Gasteiger partial charge in [0.05, 0.1) is 24.2 Å². The third kappa shape index (κ3) is 3.52. The van der Waals surface area contributed by atoms with E-state index in [4.69, 9.17) is 4.74 Å². The summed E-state index contributed by atoms with van der Waals surface area (Å²) in [6.45, 7) is 3.80. The first kappa shape index (κ1) is 14.0. The highest BCUT2D eigenvalue weighted by Crippen LogP contribution is 2.14. The molecule has 1 aromatic heterocycles. The number of H-pyrrole nitrogens is 1. The molecule has 1 fully saturated rings. The van der Waals surface area contributed by atoms with Crippen LogP contribution < -0.4 is 5.32 Å². The van der Waals surface area contributed by atoms with Gasteiger partial charge in [-0.15, -0.1) is 0 Å². The lowest BCUT2D eigenvalue weighted by molar-refractivity contribution is -0.125. The Morgan fingerprint density at radius 1 is 1.68 bits per heavy atom. The number of rotatable bonds is 5. The van der Waals surface area contributed by atoms with Crippen LogP contribution >= 0.6 is 0 Å². The summed E-state index contributed by atoms with van der Waals surface area (Å²) in [5.74, 6) is -0.204. The Balaban J connectivity index is 1.87. The molecule has 1 aromatic rings. The molecule has 19 heavy (non-hydrogen) atoms. The molecule has 0 unspecified atom stereocenters. The number of amides is 1. The first-order valence-electron chi connectivity index (χ1n) is 6.27. The summed E-state index contributed by atoms with van der Waals surface area (Å²) in [5.41, 5.74) is 2.00. The highest BCUT2D eigenvalue weighted by molar-refractivity contribution is 5.77. The molecule has 0 aliphatic carbocycles. The molecule has 106 valence electrons. The van der Waals surface area contributed by atoms with E-state index in [2.05, 4.69) is 20.2 Å². The Hall–Kier alpha value is -1.44. The summed E-state index contributed by atoms with van der Waals surface area (Å²) < 4.78 is 4.76. The number of aliphatic hydroxyl groups excluding tert-OH is 1. The molecule has 1 aliphatic heterocycles. The molecule has 3 N–H and O–H groups in total. The minimum Gasteiger partial charge on any atom is -0.390 e. The van der Waals surface area contributed by atoms with E-state index in [1.807, 2.05) is 6.92 Å². The Kier molecular flexibility index (Phi) is 4.52. The van der Waals surface area contributed by atoms with Crippen molar-refractivity contribution in [1.29, 1.82) is 0 Å². The molecule has 0 radical (unpaired) electrons. The number of nitrogens with one attached hydrogen (secondary N) is 2. The van der Waals surface area contributed by atoms with Crippen LogP contribution in [0.25, 0.3) is 0 Å². The maximum Gasteiger partial charge on any atom is 0.246 e. The highest BCUT2D eigenvalue weighted by Gasteiger charge is 2.32. The average Bonchev–Trinajstić information content (AvgIpc) is 2.88. The second-order valence-corrected chi connectivity index (χ2v) is 4.84. The SMILES string of the molecule is COCC(=O)N[C@@H]1CN(Cc2nc[nH]c2C)C[C@H]1O. The number of aromatic amines is 1. The van der Waals surface area contributed by atoms with E-state index in [1.54, 1.807) is 6.33 Å². The molecule has 0 aromatic carbocycles. The molecule has 1 amide bonds. The van der Waals surface area contributed by atoms with Crippen LogP contribution in [0.4, 0.5) is 0 Å². The van der Waals surface area contributed by atoms with Gasteiger partial charge < -0.3 is 20.1 Å². The number of hydrogen-bond donors (Lipinski definition) is 3. The number of β-amino-alcohol motifs (C(OH)–C–C–N with tert-alkyl or cyclic N) is 1. The van der Waals surface area contributed by atoms with Crippen LogP contribution in [0.15, 0.2) is 6.33 Å². The fourth-order valence-corrected chi connectivity index (χ4v) is 2.28. The van der Waals surface area contributed by atoms with Crippen LogP contribution in [-0.2, 0) is 16.1 Å². The minimum absolute atomic E-state index is 0.0156. The Bertz CT molecular complexity index is 434. The number of aromatic nitrogens is 2. The number of ether oxygens (including phenoxy) is 1. The van der Waals surface area contributed by atoms with Crippen molar-refractivity contribution in [2.45, 2.75) is 25.6 Å². The van der Waals surface area contributed by atoms with E-state index in [-0.39, 0.29) is 18.6 Å². The van der Waals surface area contributed by atoms with Crippen molar-refractivity contribution < 1.29 is 14.6 Å². The van der Waals surface area contributed by atoms with Gasteiger partial charge >= 0.3 is 0 Å². The smallest absolute Gasteiger partial charge is 0.246 e. The minimum atomic E-state index is -0.556. The summed E-state index contributed by atoms with van der Waals surface area (Å²) in [6, 6.07) is -0.248. The Labute approximate surface area is 112 Å². The fraction of sp³-hybridized carbons (Fsp3) is 0.667. The average molecular weight is 268 g/mol. The number of methoxy groups -OCH3 is 1. The number of likely N-dealkylation sites (tertiary alicyclic amines) is 1. The van der Waals surface area contributed by atoms with Gasteiger partial charge in [-0.05, 0) is 6.92 Å². The van der Waals surface area contributed by atoms with E-state index in [0.29, 0.717) is 19.6 Å². The molecule has 1 aliphatic rings. The van der Waals surface area contributed by atoms with Crippen LogP contribution in [0.5, 0.6) is 0 Å². The molecular weight excluding hydrogens is 248 g/mol. The van der Waals surface area contributed by atoms with Crippen molar-refractivity contribution in [3.05, 3.63) is 17.7 Å². The highest BCUT2D eigenvalue weighted by atomic mass is 16.5. The van der Waals surface area contributed by atoms with Gasteiger partial charge in [0, 0.05) is 32.4 Å². The van der Waals surface area contributed by atoms with Crippen LogP contribution in [-0.4, -0.2) is 64.8 Å².